The van der Waals surface area contributed by atoms with Crippen LogP contribution in [0.3, 0.4) is 0 Å². The van der Waals surface area contributed by atoms with Crippen LogP contribution in [-0.4, -0.2) is 25.3 Å². The molecule has 0 aliphatic rings. The van der Waals surface area contributed by atoms with Crippen molar-refractivity contribution < 1.29 is 14.3 Å². The molecule has 0 aromatic heterocycles. The van der Waals surface area contributed by atoms with Gasteiger partial charge in [0.1, 0.15) is 18.1 Å². The van der Waals surface area contributed by atoms with Crippen LogP contribution in [0.2, 0.25) is 0 Å². The van der Waals surface area contributed by atoms with E-state index in [1.54, 1.807) is 30.5 Å². The summed E-state index contributed by atoms with van der Waals surface area (Å²) in [6.07, 6.45) is 5.21. The Morgan fingerprint density at radius 1 is 1.14 bits per heavy atom. The van der Waals surface area contributed by atoms with E-state index in [4.69, 9.17) is 9.47 Å². The molecule has 0 spiro atoms. The van der Waals surface area contributed by atoms with Gasteiger partial charge in [0, 0.05) is 14.5 Å². The number of benzene rings is 2. The van der Waals surface area contributed by atoms with Crippen LogP contribution in [0.1, 0.15) is 35.7 Å². The lowest BCUT2D eigenvalue weighted by molar-refractivity contribution is 0.0951. The number of hydrogen-bond acceptors (Lipinski definition) is 4. The number of halogens is 2. The van der Waals surface area contributed by atoms with E-state index in [0.717, 1.165) is 27.4 Å². The second-order valence-electron chi connectivity index (χ2n) is 5.82. The molecule has 0 bridgehead atoms. The third kappa shape index (κ3) is 6.80. The van der Waals surface area contributed by atoms with Crippen LogP contribution < -0.4 is 14.9 Å². The van der Waals surface area contributed by atoms with E-state index in [0.29, 0.717) is 30.3 Å². The topological polar surface area (TPSA) is 59.9 Å². The molecular formula is C21H22Br2N2O3. The number of nitrogens with one attached hydrogen (secondary N) is 1. The van der Waals surface area contributed by atoms with Crippen molar-refractivity contribution in [1.29, 1.82) is 0 Å². The molecule has 0 atom stereocenters. The second kappa shape index (κ2) is 11.7. The average molecular weight is 510 g/mol. The predicted octanol–water partition coefficient (Wildman–Crippen LogP) is 5.72. The van der Waals surface area contributed by atoms with E-state index in [1.807, 2.05) is 18.2 Å². The number of ether oxygens (including phenoxy) is 2. The molecule has 0 saturated carbocycles. The van der Waals surface area contributed by atoms with Gasteiger partial charge in [-0.15, -0.1) is 0 Å². The molecule has 0 radical (unpaired) electrons. The Morgan fingerprint density at radius 2 is 1.86 bits per heavy atom. The number of unbranched alkanes of at least 4 members (excludes halogenated alkanes) is 1. The Balaban J connectivity index is 2.12. The molecule has 148 valence electrons. The van der Waals surface area contributed by atoms with Crippen LogP contribution in [0, 0.1) is 0 Å². The highest BCUT2D eigenvalue weighted by Crippen LogP contribution is 2.24. The van der Waals surface area contributed by atoms with Gasteiger partial charge < -0.3 is 9.47 Å². The number of rotatable bonds is 10. The van der Waals surface area contributed by atoms with Crippen LogP contribution in [0.25, 0.3) is 0 Å². The van der Waals surface area contributed by atoms with Crippen LogP contribution in [0.5, 0.6) is 11.5 Å². The average Bonchev–Trinajstić information content (AvgIpc) is 2.68. The highest BCUT2D eigenvalue weighted by Gasteiger charge is 2.13. The molecule has 0 aliphatic heterocycles. The van der Waals surface area contributed by atoms with Crippen molar-refractivity contribution in [3.8, 4) is 11.5 Å². The van der Waals surface area contributed by atoms with Gasteiger partial charge in [0.15, 0.2) is 0 Å². The number of nitrogens with zero attached hydrogens (tertiary/aromatic N) is 1. The van der Waals surface area contributed by atoms with E-state index < -0.39 is 0 Å². The van der Waals surface area contributed by atoms with Crippen molar-refractivity contribution in [2.24, 2.45) is 5.10 Å². The highest BCUT2D eigenvalue weighted by molar-refractivity contribution is 9.10. The SMILES string of the molecule is C=CCOc1ccc(Br)cc1C(=O)N/N=C/c1cc(Br)ccc1OCCCC. The molecular weight excluding hydrogens is 488 g/mol. The quantitative estimate of drug-likeness (QED) is 0.193. The molecule has 7 heteroatoms. The molecule has 0 aliphatic carbocycles. The minimum atomic E-state index is -0.375. The van der Waals surface area contributed by atoms with Gasteiger partial charge in [-0.3, -0.25) is 4.79 Å². The molecule has 1 N–H and O–H groups in total. The zero-order chi connectivity index (χ0) is 20.4. The Morgan fingerprint density at radius 3 is 2.57 bits per heavy atom. The molecule has 0 heterocycles. The summed E-state index contributed by atoms with van der Waals surface area (Å²) >= 11 is 6.81. The molecule has 5 nitrogen and oxygen atoms in total. The Kier molecular flexibility index (Phi) is 9.23. The van der Waals surface area contributed by atoms with Crippen LogP contribution in [-0.2, 0) is 0 Å². The Labute approximate surface area is 182 Å². The van der Waals surface area contributed by atoms with Crippen molar-refractivity contribution in [3.63, 3.8) is 0 Å². The first-order valence-corrected chi connectivity index (χ1v) is 10.4. The van der Waals surface area contributed by atoms with E-state index in [2.05, 4.69) is 55.9 Å². The number of hydrogen-bond donors (Lipinski definition) is 1. The van der Waals surface area contributed by atoms with Gasteiger partial charge in [-0.2, -0.15) is 5.10 Å². The minimum Gasteiger partial charge on any atom is -0.493 e. The summed E-state index contributed by atoms with van der Waals surface area (Å²) in [6.45, 7) is 6.67. The normalized spacial score (nSPS) is 10.7. The maximum Gasteiger partial charge on any atom is 0.275 e. The lowest BCUT2D eigenvalue weighted by atomic mass is 10.2. The summed E-state index contributed by atoms with van der Waals surface area (Å²) < 4.78 is 13.0. The zero-order valence-electron chi connectivity index (χ0n) is 15.6. The van der Waals surface area contributed by atoms with Crippen molar-refractivity contribution in [3.05, 3.63) is 69.1 Å². The molecule has 2 rings (SSSR count). The van der Waals surface area contributed by atoms with E-state index in [1.165, 1.54) is 0 Å². The summed E-state index contributed by atoms with van der Waals surface area (Å²) in [5.74, 6) is 0.800. The minimum absolute atomic E-state index is 0.307. The van der Waals surface area contributed by atoms with Gasteiger partial charge in [0.2, 0.25) is 0 Å². The van der Waals surface area contributed by atoms with Gasteiger partial charge >= 0.3 is 0 Å². The smallest absolute Gasteiger partial charge is 0.275 e. The van der Waals surface area contributed by atoms with Crippen LogP contribution in [0.4, 0.5) is 0 Å². The first kappa shape index (κ1) is 22.2. The first-order chi connectivity index (χ1) is 13.5. The van der Waals surface area contributed by atoms with Gasteiger partial charge in [-0.1, -0.05) is 57.9 Å². The molecule has 0 saturated heterocycles. The summed E-state index contributed by atoms with van der Waals surface area (Å²) in [6, 6.07) is 10.9. The summed E-state index contributed by atoms with van der Waals surface area (Å²) in [7, 11) is 0. The molecule has 28 heavy (non-hydrogen) atoms. The van der Waals surface area contributed by atoms with E-state index in [9.17, 15) is 4.79 Å². The molecule has 2 aromatic carbocycles. The van der Waals surface area contributed by atoms with Crippen molar-refractivity contribution in [2.75, 3.05) is 13.2 Å². The third-order valence-electron chi connectivity index (χ3n) is 3.64. The summed E-state index contributed by atoms with van der Waals surface area (Å²) in [5.41, 5.74) is 3.68. The van der Waals surface area contributed by atoms with Crippen LogP contribution in [0.15, 0.2) is 63.1 Å². The van der Waals surface area contributed by atoms with E-state index in [-0.39, 0.29) is 5.91 Å². The first-order valence-electron chi connectivity index (χ1n) is 8.84. The highest BCUT2D eigenvalue weighted by atomic mass is 79.9. The summed E-state index contributed by atoms with van der Waals surface area (Å²) in [4.78, 5) is 12.5. The lowest BCUT2D eigenvalue weighted by Gasteiger charge is -2.10. The van der Waals surface area contributed by atoms with Gasteiger partial charge in [-0.25, -0.2) is 5.43 Å². The van der Waals surface area contributed by atoms with Crippen LogP contribution >= 0.6 is 31.9 Å². The molecule has 1 amide bonds. The Bertz CT molecular complexity index is 854. The molecule has 2 aromatic rings. The van der Waals surface area contributed by atoms with Crippen molar-refractivity contribution in [2.45, 2.75) is 19.8 Å². The maximum atomic E-state index is 12.5. The summed E-state index contributed by atoms with van der Waals surface area (Å²) in [5, 5.41) is 4.08. The molecule has 0 fully saturated rings. The fourth-order valence-corrected chi connectivity index (χ4v) is 2.99. The van der Waals surface area contributed by atoms with Gasteiger partial charge in [-0.05, 0) is 42.8 Å². The molecule has 0 unspecified atom stereocenters. The van der Waals surface area contributed by atoms with E-state index >= 15 is 0 Å². The standard InChI is InChI=1S/C21H22Br2N2O3/c1-3-5-11-28-19-8-6-16(22)12-15(19)14-24-25-21(26)18-13-17(23)7-9-20(18)27-10-4-2/h4,6-9,12-14H,2-3,5,10-11H2,1H3,(H,25,26)/b24-14+. The fourth-order valence-electron chi connectivity index (χ4n) is 2.25. The predicted molar refractivity (Wildman–Crippen MR) is 119 cm³/mol. The number of carbonyl (C=O) groups is 1. The monoisotopic (exact) mass is 508 g/mol. The number of hydrazone groups is 1. The van der Waals surface area contributed by atoms with Gasteiger partial charge in [0.25, 0.3) is 5.91 Å². The third-order valence-corrected chi connectivity index (χ3v) is 4.63. The lowest BCUT2D eigenvalue weighted by Crippen LogP contribution is -2.19. The Hall–Kier alpha value is -2.12. The largest absolute Gasteiger partial charge is 0.493 e. The number of carbonyl (C=O) groups excluding carboxylic acids is 1. The number of amides is 1. The maximum absolute atomic E-state index is 12.5. The fraction of sp³-hybridized carbons (Fsp3) is 0.238. The van der Waals surface area contributed by atoms with Gasteiger partial charge in [0.05, 0.1) is 18.4 Å². The second-order valence-corrected chi connectivity index (χ2v) is 7.65. The zero-order valence-corrected chi connectivity index (χ0v) is 18.8. The van der Waals surface area contributed by atoms with Crippen molar-refractivity contribution >= 4 is 44.0 Å². The van der Waals surface area contributed by atoms with Crippen molar-refractivity contribution in [1.82, 2.24) is 5.43 Å².